The molecule has 0 amide bonds. The van der Waals surface area contributed by atoms with Gasteiger partial charge in [0.05, 0.1) is 24.8 Å². The molecule has 0 saturated heterocycles. The molecule has 0 saturated carbocycles. The highest BCUT2D eigenvalue weighted by atomic mass is 32.1. The maximum absolute atomic E-state index is 11.3. The average Bonchev–Trinajstić information content (AvgIpc) is 3.10. The van der Waals surface area contributed by atoms with E-state index in [0.717, 1.165) is 5.56 Å². The van der Waals surface area contributed by atoms with Gasteiger partial charge >= 0.3 is 5.97 Å². The lowest BCUT2D eigenvalue weighted by Gasteiger charge is -2.06. The minimum absolute atomic E-state index is 0.0659. The van der Waals surface area contributed by atoms with Gasteiger partial charge in [0, 0.05) is 7.05 Å². The highest BCUT2D eigenvalue weighted by Gasteiger charge is 2.22. The van der Waals surface area contributed by atoms with E-state index in [2.05, 4.69) is 15.3 Å². The summed E-state index contributed by atoms with van der Waals surface area (Å²) in [6.45, 7) is 0.476. The summed E-state index contributed by atoms with van der Waals surface area (Å²) in [5, 5.41) is 20.9. The number of imidazole rings is 1. The fraction of sp³-hybridized carbons (Fsp3) is 0.167. The highest BCUT2D eigenvalue weighted by Crippen LogP contribution is 2.22. The van der Waals surface area contributed by atoms with Crippen LogP contribution in [-0.2, 0) is 13.6 Å². The number of carboxylic acid groups (broad SMARTS) is 1. The van der Waals surface area contributed by atoms with Crippen molar-refractivity contribution in [2.75, 3.05) is 0 Å². The highest BCUT2D eigenvalue weighted by molar-refractivity contribution is 7.07. The van der Waals surface area contributed by atoms with E-state index >= 15 is 0 Å². The first-order chi connectivity index (χ1) is 9.66. The topological polar surface area (TPSA) is 85.8 Å². The van der Waals surface area contributed by atoms with Crippen molar-refractivity contribution in [3.8, 4) is 11.4 Å². The monoisotopic (exact) mass is 289 g/mol. The molecule has 0 aliphatic heterocycles. The molecule has 0 bridgehead atoms. The lowest BCUT2D eigenvalue weighted by molar-refractivity contribution is 0.0691. The summed E-state index contributed by atoms with van der Waals surface area (Å²) in [6.07, 6.45) is 3.22. The zero-order valence-corrected chi connectivity index (χ0v) is 11.4. The van der Waals surface area contributed by atoms with Gasteiger partial charge in [0.1, 0.15) is 5.69 Å². The quantitative estimate of drug-likeness (QED) is 0.786. The van der Waals surface area contributed by atoms with Gasteiger partial charge in [-0.1, -0.05) is 5.21 Å². The summed E-state index contributed by atoms with van der Waals surface area (Å²) in [4.78, 5) is 15.3. The van der Waals surface area contributed by atoms with Gasteiger partial charge in [-0.15, -0.1) is 5.10 Å². The fourth-order valence-electron chi connectivity index (χ4n) is 1.96. The Hall–Kier alpha value is -2.48. The number of rotatable bonds is 4. The Labute approximate surface area is 118 Å². The Morgan fingerprint density at radius 2 is 2.35 bits per heavy atom. The van der Waals surface area contributed by atoms with Crippen LogP contribution in [0.15, 0.2) is 29.4 Å². The van der Waals surface area contributed by atoms with Crippen molar-refractivity contribution in [1.29, 1.82) is 0 Å². The van der Waals surface area contributed by atoms with Gasteiger partial charge in [0.2, 0.25) is 0 Å². The van der Waals surface area contributed by atoms with E-state index in [0.29, 0.717) is 17.9 Å². The summed E-state index contributed by atoms with van der Waals surface area (Å²) in [6, 6.07) is 1.97. The molecule has 0 aromatic carbocycles. The number of thiophene rings is 1. The molecule has 3 rings (SSSR count). The van der Waals surface area contributed by atoms with Crippen LogP contribution < -0.4 is 0 Å². The molecule has 3 aromatic heterocycles. The smallest absolute Gasteiger partial charge is 0.358 e. The van der Waals surface area contributed by atoms with Crippen LogP contribution in [0.5, 0.6) is 0 Å². The maximum atomic E-state index is 11.3. The lowest BCUT2D eigenvalue weighted by atomic mass is 10.2. The number of aromatic carboxylic acids is 1. The molecule has 3 heterocycles. The number of nitrogens with zero attached hydrogens (tertiary/aromatic N) is 5. The number of hydrogen-bond donors (Lipinski definition) is 1. The van der Waals surface area contributed by atoms with Gasteiger partial charge in [-0.2, -0.15) is 11.3 Å². The molecule has 8 heteroatoms. The molecule has 0 fully saturated rings. The number of hydrogen-bond acceptors (Lipinski definition) is 5. The minimum atomic E-state index is -1.10. The van der Waals surface area contributed by atoms with Crippen LogP contribution in [-0.4, -0.2) is 35.6 Å². The van der Waals surface area contributed by atoms with Crippen molar-refractivity contribution in [3.05, 3.63) is 40.6 Å². The molecule has 20 heavy (non-hydrogen) atoms. The summed E-state index contributed by atoms with van der Waals surface area (Å²) in [5.41, 5.74) is 2.12. The molecule has 1 N–H and O–H groups in total. The van der Waals surface area contributed by atoms with Gasteiger partial charge in [-0.25, -0.2) is 14.5 Å². The summed E-state index contributed by atoms with van der Waals surface area (Å²) in [7, 11) is 1.80. The molecule has 102 valence electrons. The van der Waals surface area contributed by atoms with E-state index in [1.807, 2.05) is 16.8 Å². The second-order valence-corrected chi connectivity index (χ2v) is 5.05. The summed E-state index contributed by atoms with van der Waals surface area (Å²) < 4.78 is 3.33. The molecule has 7 nitrogen and oxygen atoms in total. The zero-order valence-electron chi connectivity index (χ0n) is 10.6. The van der Waals surface area contributed by atoms with E-state index in [1.165, 1.54) is 0 Å². The Bertz CT molecular complexity index is 744. The molecule has 3 aromatic rings. The molecular weight excluding hydrogens is 278 g/mol. The normalized spacial score (nSPS) is 10.8. The van der Waals surface area contributed by atoms with E-state index in [-0.39, 0.29) is 5.69 Å². The van der Waals surface area contributed by atoms with Crippen LogP contribution in [0.2, 0.25) is 0 Å². The molecule has 0 spiro atoms. The Morgan fingerprint density at radius 1 is 1.50 bits per heavy atom. The second-order valence-electron chi connectivity index (χ2n) is 4.27. The van der Waals surface area contributed by atoms with Crippen molar-refractivity contribution >= 4 is 17.3 Å². The largest absolute Gasteiger partial charge is 0.476 e. The molecule has 0 atom stereocenters. The van der Waals surface area contributed by atoms with Crippen LogP contribution in [0.3, 0.4) is 0 Å². The van der Waals surface area contributed by atoms with Crippen LogP contribution in [0.25, 0.3) is 11.4 Å². The molecule has 0 aliphatic carbocycles. The van der Waals surface area contributed by atoms with E-state index in [1.54, 1.807) is 40.2 Å². The van der Waals surface area contributed by atoms with Gasteiger partial charge in [-0.05, 0) is 22.4 Å². The van der Waals surface area contributed by atoms with Crippen molar-refractivity contribution in [3.63, 3.8) is 0 Å². The van der Waals surface area contributed by atoms with Crippen LogP contribution >= 0.6 is 11.3 Å². The van der Waals surface area contributed by atoms with Gasteiger partial charge < -0.3 is 9.67 Å². The lowest BCUT2D eigenvalue weighted by Crippen LogP contribution is -2.07. The molecule has 0 aliphatic rings. The van der Waals surface area contributed by atoms with Gasteiger partial charge in [0.15, 0.2) is 5.69 Å². The SMILES string of the molecule is Cn1cncc1-c1c(C(=O)O)nnn1Cc1ccsc1. The van der Waals surface area contributed by atoms with Gasteiger partial charge in [-0.3, -0.25) is 0 Å². The predicted molar refractivity (Wildman–Crippen MR) is 72.6 cm³/mol. The first kappa shape index (κ1) is 12.5. The second kappa shape index (κ2) is 4.89. The van der Waals surface area contributed by atoms with E-state index < -0.39 is 5.97 Å². The number of aryl methyl sites for hydroxylation is 1. The summed E-state index contributed by atoms with van der Waals surface area (Å²) in [5.74, 6) is -1.10. The van der Waals surface area contributed by atoms with Crippen molar-refractivity contribution in [2.24, 2.45) is 7.05 Å². The molecular formula is C12H11N5O2S. The van der Waals surface area contributed by atoms with Crippen molar-refractivity contribution in [1.82, 2.24) is 24.5 Å². The first-order valence-electron chi connectivity index (χ1n) is 5.81. The van der Waals surface area contributed by atoms with Gasteiger partial charge in [0.25, 0.3) is 0 Å². The third kappa shape index (κ3) is 2.10. The predicted octanol–water partition coefficient (Wildman–Crippen LogP) is 1.49. The van der Waals surface area contributed by atoms with Crippen LogP contribution in [0.1, 0.15) is 16.1 Å². The standard InChI is InChI=1S/C12H11N5O2S/c1-16-7-13-4-9(16)11-10(12(18)19)14-15-17(11)5-8-2-3-20-6-8/h2-4,6-7H,5H2,1H3,(H,18,19). The number of carboxylic acids is 1. The van der Waals surface area contributed by atoms with E-state index in [9.17, 15) is 9.90 Å². The van der Waals surface area contributed by atoms with Crippen LogP contribution in [0.4, 0.5) is 0 Å². The van der Waals surface area contributed by atoms with Crippen LogP contribution in [0, 0.1) is 0 Å². The molecule has 0 unspecified atom stereocenters. The van der Waals surface area contributed by atoms with E-state index in [4.69, 9.17) is 0 Å². The fourth-order valence-corrected chi connectivity index (χ4v) is 2.62. The Kier molecular flexibility index (Phi) is 3.07. The first-order valence-corrected chi connectivity index (χ1v) is 6.75. The third-order valence-corrected chi connectivity index (χ3v) is 3.64. The average molecular weight is 289 g/mol. The minimum Gasteiger partial charge on any atom is -0.476 e. The Balaban J connectivity index is 2.11. The number of aromatic nitrogens is 5. The molecule has 0 radical (unpaired) electrons. The van der Waals surface area contributed by atoms with Crippen molar-refractivity contribution < 1.29 is 9.90 Å². The maximum Gasteiger partial charge on any atom is 0.358 e. The summed E-state index contributed by atoms with van der Waals surface area (Å²) >= 11 is 1.58. The van der Waals surface area contributed by atoms with Crippen molar-refractivity contribution in [2.45, 2.75) is 6.54 Å². The third-order valence-electron chi connectivity index (χ3n) is 2.91. The Morgan fingerprint density at radius 3 is 2.95 bits per heavy atom. The number of carbonyl (C=O) groups is 1. The zero-order chi connectivity index (χ0) is 14.1.